The second-order valence-corrected chi connectivity index (χ2v) is 4.09. The smallest absolute Gasteiger partial charge is 0.00359 e. The Labute approximate surface area is 70.7 Å². The van der Waals surface area contributed by atoms with Crippen LogP contribution in [0.1, 0.15) is 40.5 Å². The lowest BCUT2D eigenvalue weighted by atomic mass is 9.90. The monoisotopic (exact) mass is 152 g/mol. The highest BCUT2D eigenvalue weighted by Gasteiger charge is 2.66. The fourth-order valence-electron chi connectivity index (χ4n) is 2.95. The Balaban J connectivity index is 2.85. The molecule has 0 aromatic rings. The number of hydrogen-bond acceptors (Lipinski definition) is 0. The summed E-state index contributed by atoms with van der Waals surface area (Å²) < 4.78 is 0. The summed E-state index contributed by atoms with van der Waals surface area (Å²) in [6, 6.07) is 0. The molecule has 1 fully saturated rings. The molecule has 0 aliphatic heterocycles. The SMILES string of the molecule is C=CC1(CC)C(C)C1(C)CC. The van der Waals surface area contributed by atoms with Crippen LogP contribution < -0.4 is 0 Å². The van der Waals surface area contributed by atoms with E-state index in [2.05, 4.69) is 40.3 Å². The second-order valence-electron chi connectivity index (χ2n) is 4.09. The van der Waals surface area contributed by atoms with E-state index in [1.54, 1.807) is 0 Å². The zero-order valence-electron chi connectivity index (χ0n) is 8.28. The summed E-state index contributed by atoms with van der Waals surface area (Å²) in [7, 11) is 0. The highest BCUT2D eigenvalue weighted by atomic mass is 14.7. The van der Waals surface area contributed by atoms with Crippen molar-refractivity contribution in [1.82, 2.24) is 0 Å². The van der Waals surface area contributed by atoms with Gasteiger partial charge in [0.05, 0.1) is 0 Å². The Morgan fingerprint density at radius 2 is 1.91 bits per heavy atom. The van der Waals surface area contributed by atoms with Crippen molar-refractivity contribution in [3.8, 4) is 0 Å². The molecule has 3 atom stereocenters. The number of rotatable bonds is 3. The van der Waals surface area contributed by atoms with E-state index in [9.17, 15) is 0 Å². The van der Waals surface area contributed by atoms with Gasteiger partial charge in [0.2, 0.25) is 0 Å². The average molecular weight is 152 g/mol. The minimum Gasteiger partial charge on any atom is -0.102 e. The first-order valence-corrected chi connectivity index (χ1v) is 4.72. The zero-order valence-corrected chi connectivity index (χ0v) is 8.28. The molecule has 0 spiro atoms. The van der Waals surface area contributed by atoms with Gasteiger partial charge in [-0.15, -0.1) is 6.58 Å². The van der Waals surface area contributed by atoms with Gasteiger partial charge < -0.3 is 0 Å². The first kappa shape index (κ1) is 8.83. The molecule has 0 heteroatoms. The summed E-state index contributed by atoms with van der Waals surface area (Å²) in [4.78, 5) is 0. The maximum absolute atomic E-state index is 3.96. The molecule has 11 heavy (non-hydrogen) atoms. The summed E-state index contributed by atoms with van der Waals surface area (Å²) in [5.74, 6) is 0.836. The Morgan fingerprint density at radius 3 is 2.00 bits per heavy atom. The molecule has 0 radical (unpaired) electrons. The van der Waals surface area contributed by atoms with Crippen molar-refractivity contribution in [2.75, 3.05) is 0 Å². The number of allylic oxidation sites excluding steroid dienone is 1. The van der Waals surface area contributed by atoms with Crippen LogP contribution in [0.25, 0.3) is 0 Å². The van der Waals surface area contributed by atoms with Crippen molar-refractivity contribution >= 4 is 0 Å². The van der Waals surface area contributed by atoms with Crippen LogP contribution in [-0.4, -0.2) is 0 Å². The lowest BCUT2D eigenvalue weighted by Crippen LogP contribution is -2.05. The molecular weight excluding hydrogens is 132 g/mol. The average Bonchev–Trinajstić information content (AvgIpc) is 2.52. The third-order valence-electron chi connectivity index (χ3n) is 4.39. The minimum atomic E-state index is 0.460. The lowest BCUT2D eigenvalue weighted by molar-refractivity contribution is 0.404. The van der Waals surface area contributed by atoms with E-state index in [4.69, 9.17) is 0 Å². The molecule has 0 heterocycles. The molecule has 1 aliphatic carbocycles. The van der Waals surface area contributed by atoms with Gasteiger partial charge in [-0.05, 0) is 29.6 Å². The van der Waals surface area contributed by atoms with Crippen molar-refractivity contribution in [3.05, 3.63) is 12.7 Å². The molecule has 1 saturated carbocycles. The van der Waals surface area contributed by atoms with Crippen LogP contribution in [0.4, 0.5) is 0 Å². The van der Waals surface area contributed by atoms with Crippen LogP contribution >= 0.6 is 0 Å². The molecule has 0 N–H and O–H groups in total. The molecule has 0 bridgehead atoms. The number of hydrogen-bond donors (Lipinski definition) is 0. The Hall–Kier alpha value is -0.260. The quantitative estimate of drug-likeness (QED) is 0.542. The Morgan fingerprint density at radius 1 is 1.36 bits per heavy atom. The summed E-state index contributed by atoms with van der Waals surface area (Å²) >= 11 is 0. The normalized spacial score (nSPS) is 48.9. The molecule has 0 aromatic heterocycles. The molecule has 0 aromatic carbocycles. The molecule has 3 unspecified atom stereocenters. The molecule has 0 amide bonds. The van der Waals surface area contributed by atoms with E-state index < -0.39 is 0 Å². The fraction of sp³-hybridized carbons (Fsp3) is 0.818. The predicted molar refractivity (Wildman–Crippen MR) is 50.5 cm³/mol. The third-order valence-corrected chi connectivity index (χ3v) is 4.39. The molecule has 1 rings (SSSR count). The highest BCUT2D eigenvalue weighted by Crippen LogP contribution is 2.72. The summed E-state index contributed by atoms with van der Waals surface area (Å²) in [6.45, 7) is 13.3. The van der Waals surface area contributed by atoms with Gasteiger partial charge in [-0.25, -0.2) is 0 Å². The molecule has 0 saturated heterocycles. The van der Waals surface area contributed by atoms with E-state index in [-0.39, 0.29) is 0 Å². The van der Waals surface area contributed by atoms with Crippen molar-refractivity contribution in [1.29, 1.82) is 0 Å². The van der Waals surface area contributed by atoms with Crippen molar-refractivity contribution < 1.29 is 0 Å². The van der Waals surface area contributed by atoms with Gasteiger partial charge in [0.15, 0.2) is 0 Å². The summed E-state index contributed by atoms with van der Waals surface area (Å²) in [5.41, 5.74) is 1.01. The van der Waals surface area contributed by atoms with Gasteiger partial charge in [0.25, 0.3) is 0 Å². The van der Waals surface area contributed by atoms with Gasteiger partial charge in [0, 0.05) is 0 Å². The predicted octanol–water partition coefficient (Wildman–Crippen LogP) is 3.63. The standard InChI is InChI=1S/C11H20/c1-6-10(5)9(4)11(10,7-2)8-3/h7,9H,2,6,8H2,1,3-5H3. The Kier molecular flexibility index (Phi) is 1.90. The molecular formula is C11H20. The van der Waals surface area contributed by atoms with Crippen LogP contribution in [0.5, 0.6) is 0 Å². The van der Waals surface area contributed by atoms with Gasteiger partial charge in [-0.3, -0.25) is 0 Å². The van der Waals surface area contributed by atoms with Crippen LogP contribution in [0.15, 0.2) is 12.7 Å². The largest absolute Gasteiger partial charge is 0.102 e. The van der Waals surface area contributed by atoms with E-state index in [1.165, 1.54) is 12.8 Å². The van der Waals surface area contributed by atoms with Crippen LogP contribution in [0.3, 0.4) is 0 Å². The fourth-order valence-corrected chi connectivity index (χ4v) is 2.95. The summed E-state index contributed by atoms with van der Waals surface area (Å²) in [6.07, 6.45) is 4.72. The lowest BCUT2D eigenvalue weighted by Gasteiger charge is -2.14. The molecule has 0 nitrogen and oxygen atoms in total. The van der Waals surface area contributed by atoms with Crippen LogP contribution in [0.2, 0.25) is 0 Å². The van der Waals surface area contributed by atoms with Gasteiger partial charge in [-0.2, -0.15) is 0 Å². The maximum atomic E-state index is 3.96. The second kappa shape index (κ2) is 2.36. The van der Waals surface area contributed by atoms with Gasteiger partial charge >= 0.3 is 0 Å². The van der Waals surface area contributed by atoms with E-state index >= 15 is 0 Å². The van der Waals surface area contributed by atoms with Gasteiger partial charge in [-0.1, -0.05) is 33.8 Å². The van der Waals surface area contributed by atoms with E-state index in [1.807, 2.05) is 0 Å². The summed E-state index contributed by atoms with van der Waals surface area (Å²) in [5, 5.41) is 0. The first-order chi connectivity index (χ1) is 5.09. The molecule has 1 aliphatic rings. The third kappa shape index (κ3) is 0.758. The molecule has 64 valence electrons. The zero-order chi connectivity index (χ0) is 8.70. The maximum Gasteiger partial charge on any atom is -0.00359 e. The van der Waals surface area contributed by atoms with E-state index in [0.717, 1.165) is 5.92 Å². The van der Waals surface area contributed by atoms with E-state index in [0.29, 0.717) is 10.8 Å². The van der Waals surface area contributed by atoms with Gasteiger partial charge in [0.1, 0.15) is 0 Å². The highest BCUT2D eigenvalue weighted by molar-refractivity contribution is 5.23. The first-order valence-electron chi connectivity index (χ1n) is 4.72. The Bertz CT molecular complexity index is 171. The van der Waals surface area contributed by atoms with Crippen LogP contribution in [-0.2, 0) is 0 Å². The minimum absolute atomic E-state index is 0.460. The van der Waals surface area contributed by atoms with Crippen LogP contribution in [0, 0.1) is 16.7 Å². The topological polar surface area (TPSA) is 0 Å². The van der Waals surface area contributed by atoms with Crippen molar-refractivity contribution in [3.63, 3.8) is 0 Å². The van der Waals surface area contributed by atoms with Crippen molar-refractivity contribution in [2.24, 2.45) is 16.7 Å². The van der Waals surface area contributed by atoms with Crippen molar-refractivity contribution in [2.45, 2.75) is 40.5 Å².